The van der Waals surface area contributed by atoms with Gasteiger partial charge in [-0.3, -0.25) is 0 Å². The fourth-order valence-corrected chi connectivity index (χ4v) is 12.8. The van der Waals surface area contributed by atoms with E-state index < -0.39 is 0 Å². The number of anilines is 3. The Balaban J connectivity index is 1.18. The SMILES string of the molecule is CC1(C)CCC(C)(C)c2cc(N(c3ccc(-c4ccccc4)cc3)c3cc4c(cc3-c3ccccc3)C3(c5ccccc5-4)C4CC5CC(C4)CC3C5)ccc21. The largest absolute Gasteiger partial charge is 0.310 e. The molecule has 1 nitrogen and oxygen atoms in total. The predicted octanol–water partition coefficient (Wildman–Crippen LogP) is 14.6. The van der Waals surface area contributed by atoms with Crippen molar-refractivity contribution in [1.82, 2.24) is 0 Å². The van der Waals surface area contributed by atoms with Crippen molar-refractivity contribution in [3.05, 3.63) is 162 Å². The first-order valence-corrected chi connectivity index (χ1v) is 21.2. The monoisotopic (exact) mass is 715 g/mol. The first-order chi connectivity index (χ1) is 26.7. The van der Waals surface area contributed by atoms with Gasteiger partial charge in [0.15, 0.2) is 0 Å². The summed E-state index contributed by atoms with van der Waals surface area (Å²) >= 11 is 0. The average Bonchev–Trinajstić information content (AvgIpc) is 3.49. The molecule has 0 radical (unpaired) electrons. The molecular weight excluding hydrogens is 663 g/mol. The molecule has 0 aromatic heterocycles. The fourth-order valence-electron chi connectivity index (χ4n) is 12.8. The van der Waals surface area contributed by atoms with Crippen LogP contribution in [0.2, 0.25) is 0 Å². The maximum atomic E-state index is 2.69. The van der Waals surface area contributed by atoms with Gasteiger partial charge in [-0.2, -0.15) is 0 Å². The van der Waals surface area contributed by atoms with Crippen LogP contribution in [-0.4, -0.2) is 0 Å². The number of hydrogen-bond donors (Lipinski definition) is 0. The second-order valence-corrected chi connectivity index (χ2v) is 19.2. The molecule has 0 atom stereocenters. The van der Waals surface area contributed by atoms with Gasteiger partial charge in [0, 0.05) is 22.4 Å². The van der Waals surface area contributed by atoms with Gasteiger partial charge in [0.1, 0.15) is 0 Å². The van der Waals surface area contributed by atoms with Gasteiger partial charge in [0.25, 0.3) is 0 Å². The number of fused-ring (bicyclic) bond motifs is 4. The molecule has 4 bridgehead atoms. The summed E-state index contributed by atoms with van der Waals surface area (Å²) in [5.74, 6) is 3.30. The van der Waals surface area contributed by atoms with E-state index in [-0.39, 0.29) is 16.2 Å². The number of rotatable bonds is 5. The summed E-state index contributed by atoms with van der Waals surface area (Å²) in [6.07, 6.45) is 9.45. The van der Waals surface area contributed by atoms with Gasteiger partial charge in [-0.15, -0.1) is 0 Å². The molecule has 0 N–H and O–H groups in total. The van der Waals surface area contributed by atoms with Gasteiger partial charge < -0.3 is 4.90 Å². The van der Waals surface area contributed by atoms with E-state index in [0.29, 0.717) is 0 Å². The summed E-state index contributed by atoms with van der Waals surface area (Å²) in [4.78, 5) is 2.60. The quantitative estimate of drug-likeness (QED) is 0.172. The van der Waals surface area contributed by atoms with Crippen LogP contribution in [0.4, 0.5) is 17.1 Å². The van der Waals surface area contributed by atoms with Crippen LogP contribution in [0.1, 0.15) is 94.9 Å². The molecular formula is C54H53N. The Bertz CT molecular complexity index is 2400. The van der Waals surface area contributed by atoms with E-state index in [4.69, 9.17) is 0 Å². The number of benzene rings is 6. The van der Waals surface area contributed by atoms with E-state index in [2.05, 4.69) is 172 Å². The smallest absolute Gasteiger partial charge is 0.0546 e. The number of nitrogens with zero attached hydrogens (tertiary/aromatic N) is 1. The highest BCUT2D eigenvalue weighted by Crippen LogP contribution is 2.70. The van der Waals surface area contributed by atoms with Gasteiger partial charge in [0.05, 0.1) is 5.69 Å². The summed E-state index contributed by atoms with van der Waals surface area (Å²) in [5, 5.41) is 0. The summed E-state index contributed by atoms with van der Waals surface area (Å²) < 4.78 is 0. The van der Waals surface area contributed by atoms with Crippen molar-refractivity contribution < 1.29 is 0 Å². The number of hydrogen-bond acceptors (Lipinski definition) is 1. The van der Waals surface area contributed by atoms with Crippen molar-refractivity contribution in [2.45, 2.75) is 88.9 Å². The summed E-state index contributed by atoms with van der Waals surface area (Å²) in [7, 11) is 0. The Hall–Kier alpha value is -4.88. The third kappa shape index (κ3) is 4.97. The molecule has 1 spiro atoms. The standard InChI is InChI=1S/C54H53N/c1-52(2)25-26-53(3,4)50-32-43(23-24-48(50)52)55(42-21-19-38(20-22-42)37-13-7-5-8-14-37)51-34-46-44-17-11-12-18-47(44)54(40-28-35-27-36(30-40)31-41(54)29-35)49(46)33-45(51)39-15-9-6-10-16-39/h5-24,32-36,40-41H,25-31H2,1-4H3. The summed E-state index contributed by atoms with van der Waals surface area (Å²) in [6.45, 7) is 9.78. The molecule has 6 aliphatic rings. The molecule has 1 heteroatoms. The zero-order valence-electron chi connectivity index (χ0n) is 33.0. The highest BCUT2D eigenvalue weighted by atomic mass is 15.1. The first kappa shape index (κ1) is 33.5. The molecule has 6 aromatic carbocycles. The van der Waals surface area contributed by atoms with Crippen LogP contribution in [0, 0.1) is 23.7 Å². The first-order valence-electron chi connectivity index (χ1n) is 21.2. The van der Waals surface area contributed by atoms with Gasteiger partial charge in [-0.1, -0.05) is 131 Å². The third-order valence-electron chi connectivity index (χ3n) is 15.3. The van der Waals surface area contributed by atoms with Gasteiger partial charge in [-0.05, 0) is 166 Å². The Morgan fingerprint density at radius 3 is 1.65 bits per heavy atom. The zero-order chi connectivity index (χ0) is 37.1. The molecule has 0 unspecified atom stereocenters. The Morgan fingerprint density at radius 1 is 0.418 bits per heavy atom. The lowest BCUT2D eigenvalue weighted by molar-refractivity contribution is -0.0399. The third-order valence-corrected chi connectivity index (χ3v) is 15.3. The topological polar surface area (TPSA) is 3.24 Å². The van der Waals surface area contributed by atoms with Crippen LogP contribution in [0.15, 0.2) is 140 Å². The highest BCUT2D eigenvalue weighted by Gasteiger charge is 2.61. The molecule has 4 saturated carbocycles. The van der Waals surface area contributed by atoms with Crippen LogP contribution in [0.25, 0.3) is 33.4 Å². The van der Waals surface area contributed by atoms with Crippen LogP contribution in [0.5, 0.6) is 0 Å². The lowest BCUT2D eigenvalue weighted by Crippen LogP contribution is -2.55. The molecule has 55 heavy (non-hydrogen) atoms. The highest BCUT2D eigenvalue weighted by molar-refractivity contribution is 5.95. The lowest BCUT2D eigenvalue weighted by Gasteiger charge is -2.61. The van der Waals surface area contributed by atoms with Gasteiger partial charge in [-0.25, -0.2) is 0 Å². The predicted molar refractivity (Wildman–Crippen MR) is 231 cm³/mol. The van der Waals surface area contributed by atoms with Crippen molar-refractivity contribution in [2.24, 2.45) is 23.7 Å². The second-order valence-electron chi connectivity index (χ2n) is 19.2. The zero-order valence-corrected chi connectivity index (χ0v) is 33.0. The van der Waals surface area contributed by atoms with Crippen LogP contribution < -0.4 is 4.90 Å². The van der Waals surface area contributed by atoms with E-state index in [1.165, 1.54) is 107 Å². The van der Waals surface area contributed by atoms with E-state index in [9.17, 15) is 0 Å². The van der Waals surface area contributed by atoms with Crippen LogP contribution >= 0.6 is 0 Å². The lowest BCUT2D eigenvalue weighted by atomic mass is 9.43. The molecule has 12 rings (SSSR count). The van der Waals surface area contributed by atoms with Crippen molar-refractivity contribution in [3.8, 4) is 33.4 Å². The second kappa shape index (κ2) is 12.1. The molecule has 6 aliphatic carbocycles. The molecule has 0 heterocycles. The summed E-state index contributed by atoms with van der Waals surface area (Å²) in [6, 6.07) is 53.8. The molecule has 0 amide bonds. The molecule has 0 aliphatic heterocycles. The van der Waals surface area contributed by atoms with Gasteiger partial charge >= 0.3 is 0 Å². The summed E-state index contributed by atoms with van der Waals surface area (Å²) in [5.41, 5.74) is 18.4. The van der Waals surface area contributed by atoms with Crippen molar-refractivity contribution >= 4 is 17.1 Å². The fraction of sp³-hybridized carbons (Fsp3) is 0.333. The molecule has 4 fully saturated rings. The van der Waals surface area contributed by atoms with Gasteiger partial charge in [0.2, 0.25) is 0 Å². The minimum absolute atomic E-state index is 0.106. The normalized spacial score (nSPS) is 26.0. The average molecular weight is 716 g/mol. The van der Waals surface area contributed by atoms with E-state index >= 15 is 0 Å². The Morgan fingerprint density at radius 2 is 0.982 bits per heavy atom. The molecule has 274 valence electrons. The molecule has 0 saturated heterocycles. The minimum atomic E-state index is 0.106. The Labute approximate surface area is 328 Å². The van der Waals surface area contributed by atoms with E-state index in [1.54, 1.807) is 11.1 Å². The van der Waals surface area contributed by atoms with Crippen molar-refractivity contribution in [1.29, 1.82) is 0 Å². The maximum absolute atomic E-state index is 2.69. The van der Waals surface area contributed by atoms with Crippen molar-refractivity contribution in [3.63, 3.8) is 0 Å². The van der Waals surface area contributed by atoms with E-state index in [0.717, 1.165) is 23.7 Å². The van der Waals surface area contributed by atoms with Crippen molar-refractivity contribution in [2.75, 3.05) is 4.90 Å². The van der Waals surface area contributed by atoms with Crippen LogP contribution in [0.3, 0.4) is 0 Å². The Kier molecular flexibility index (Phi) is 7.34. The maximum Gasteiger partial charge on any atom is 0.0546 e. The van der Waals surface area contributed by atoms with Crippen LogP contribution in [-0.2, 0) is 16.2 Å². The minimum Gasteiger partial charge on any atom is -0.310 e. The van der Waals surface area contributed by atoms with E-state index in [1.807, 2.05) is 0 Å². The molecule has 6 aromatic rings.